The van der Waals surface area contributed by atoms with Crippen molar-refractivity contribution in [2.24, 2.45) is 5.92 Å². The summed E-state index contributed by atoms with van der Waals surface area (Å²) < 4.78 is 0. The standard InChI is InChI=1S/C14H16N2/c1-2-10-7-12(9-15-8-10)13-4-3-11-5-6-16-14(11)13/h2,4,7-9,11,14,16H,1,3,5-6H2/t11-,14+/m0/s1. The summed E-state index contributed by atoms with van der Waals surface area (Å²) in [6.45, 7) is 4.94. The van der Waals surface area contributed by atoms with Gasteiger partial charge in [0.05, 0.1) is 0 Å². The number of pyridine rings is 1. The van der Waals surface area contributed by atoms with E-state index in [1.165, 1.54) is 24.0 Å². The SMILES string of the molecule is C=Cc1cncc(C2=CC[C@H]3CCN[C@@H]23)c1. The van der Waals surface area contributed by atoms with E-state index in [0.717, 1.165) is 18.0 Å². The first-order chi connectivity index (χ1) is 7.88. The van der Waals surface area contributed by atoms with Gasteiger partial charge in [0, 0.05) is 18.4 Å². The maximum atomic E-state index is 4.27. The summed E-state index contributed by atoms with van der Waals surface area (Å²) in [5.41, 5.74) is 3.78. The van der Waals surface area contributed by atoms with Crippen molar-refractivity contribution in [3.8, 4) is 0 Å². The maximum absolute atomic E-state index is 4.27. The van der Waals surface area contributed by atoms with E-state index in [1.807, 2.05) is 18.5 Å². The van der Waals surface area contributed by atoms with E-state index >= 15 is 0 Å². The zero-order valence-electron chi connectivity index (χ0n) is 9.32. The van der Waals surface area contributed by atoms with Crippen molar-refractivity contribution in [2.75, 3.05) is 6.54 Å². The summed E-state index contributed by atoms with van der Waals surface area (Å²) >= 11 is 0. The summed E-state index contributed by atoms with van der Waals surface area (Å²) in [7, 11) is 0. The van der Waals surface area contributed by atoms with E-state index in [4.69, 9.17) is 0 Å². The van der Waals surface area contributed by atoms with Crippen molar-refractivity contribution in [1.82, 2.24) is 10.3 Å². The lowest BCUT2D eigenvalue weighted by molar-refractivity contribution is 0.557. The molecule has 0 radical (unpaired) electrons. The molecule has 1 aliphatic carbocycles. The fourth-order valence-corrected chi connectivity index (χ4v) is 2.81. The fourth-order valence-electron chi connectivity index (χ4n) is 2.81. The molecule has 1 N–H and O–H groups in total. The predicted octanol–water partition coefficient (Wildman–Crippen LogP) is 2.49. The molecule has 2 heteroatoms. The second kappa shape index (κ2) is 3.87. The molecule has 1 aromatic rings. The van der Waals surface area contributed by atoms with Gasteiger partial charge in [-0.05, 0) is 48.1 Å². The number of aromatic nitrogens is 1. The Hall–Kier alpha value is -1.41. The van der Waals surface area contributed by atoms with Gasteiger partial charge in [-0.25, -0.2) is 0 Å². The molecule has 0 aromatic carbocycles. The van der Waals surface area contributed by atoms with Crippen LogP contribution in [0.4, 0.5) is 0 Å². The molecular formula is C14H16N2. The van der Waals surface area contributed by atoms with Crippen LogP contribution in [0.5, 0.6) is 0 Å². The summed E-state index contributed by atoms with van der Waals surface area (Å²) in [4.78, 5) is 4.27. The van der Waals surface area contributed by atoms with Crippen LogP contribution in [0.1, 0.15) is 24.0 Å². The minimum atomic E-state index is 0.557. The van der Waals surface area contributed by atoms with Gasteiger partial charge in [-0.2, -0.15) is 0 Å². The van der Waals surface area contributed by atoms with Gasteiger partial charge < -0.3 is 5.32 Å². The van der Waals surface area contributed by atoms with Crippen molar-refractivity contribution in [1.29, 1.82) is 0 Å². The molecule has 1 saturated heterocycles. The Morgan fingerprint density at radius 2 is 2.38 bits per heavy atom. The summed E-state index contributed by atoms with van der Waals surface area (Å²) in [5, 5.41) is 3.58. The van der Waals surface area contributed by atoms with Crippen LogP contribution in [0.15, 0.2) is 31.1 Å². The lowest BCUT2D eigenvalue weighted by Crippen LogP contribution is -2.24. The van der Waals surface area contributed by atoms with Gasteiger partial charge in [-0.1, -0.05) is 18.7 Å². The fraction of sp³-hybridized carbons (Fsp3) is 0.357. The largest absolute Gasteiger partial charge is 0.310 e. The molecule has 0 spiro atoms. The second-order valence-electron chi connectivity index (χ2n) is 4.59. The third kappa shape index (κ3) is 1.50. The third-order valence-corrected chi connectivity index (χ3v) is 3.65. The van der Waals surface area contributed by atoms with E-state index in [0.29, 0.717) is 6.04 Å². The first-order valence-electron chi connectivity index (χ1n) is 5.90. The van der Waals surface area contributed by atoms with Gasteiger partial charge >= 0.3 is 0 Å². The number of hydrogen-bond acceptors (Lipinski definition) is 2. The Labute approximate surface area is 96.1 Å². The van der Waals surface area contributed by atoms with Crippen molar-refractivity contribution < 1.29 is 0 Å². The highest BCUT2D eigenvalue weighted by Gasteiger charge is 2.33. The summed E-state index contributed by atoms with van der Waals surface area (Å²) in [5.74, 6) is 0.808. The van der Waals surface area contributed by atoms with Crippen molar-refractivity contribution >= 4 is 11.6 Å². The molecule has 3 rings (SSSR count). The van der Waals surface area contributed by atoms with Crippen LogP contribution >= 0.6 is 0 Å². The highest BCUT2D eigenvalue weighted by molar-refractivity contribution is 5.73. The summed E-state index contributed by atoms with van der Waals surface area (Å²) in [6, 6.07) is 2.73. The van der Waals surface area contributed by atoms with Gasteiger partial charge in [-0.3, -0.25) is 4.98 Å². The first kappa shape index (κ1) is 9.79. The third-order valence-electron chi connectivity index (χ3n) is 3.65. The second-order valence-corrected chi connectivity index (χ2v) is 4.59. The van der Waals surface area contributed by atoms with Crippen LogP contribution < -0.4 is 5.32 Å². The Morgan fingerprint density at radius 1 is 1.44 bits per heavy atom. The number of rotatable bonds is 2. The average molecular weight is 212 g/mol. The maximum Gasteiger partial charge on any atom is 0.0355 e. The van der Waals surface area contributed by atoms with Crippen LogP contribution in [0.2, 0.25) is 0 Å². The molecule has 82 valence electrons. The molecule has 1 aromatic heterocycles. The van der Waals surface area contributed by atoms with Gasteiger partial charge in [0.25, 0.3) is 0 Å². The van der Waals surface area contributed by atoms with E-state index in [-0.39, 0.29) is 0 Å². The van der Waals surface area contributed by atoms with Crippen LogP contribution in [-0.2, 0) is 0 Å². The molecular weight excluding hydrogens is 196 g/mol. The van der Waals surface area contributed by atoms with Gasteiger partial charge in [0.2, 0.25) is 0 Å². The van der Waals surface area contributed by atoms with Crippen LogP contribution in [-0.4, -0.2) is 17.6 Å². The molecule has 0 bridgehead atoms. The topological polar surface area (TPSA) is 24.9 Å². The Balaban J connectivity index is 1.94. The molecule has 2 atom stereocenters. The minimum Gasteiger partial charge on any atom is -0.310 e. The van der Waals surface area contributed by atoms with Crippen molar-refractivity contribution in [3.05, 3.63) is 42.2 Å². The average Bonchev–Trinajstić information content (AvgIpc) is 2.90. The zero-order valence-corrected chi connectivity index (χ0v) is 9.32. The number of fused-ring (bicyclic) bond motifs is 1. The normalized spacial score (nSPS) is 27.6. The van der Waals surface area contributed by atoms with Crippen LogP contribution in [0, 0.1) is 5.92 Å². The monoisotopic (exact) mass is 212 g/mol. The lowest BCUT2D eigenvalue weighted by atomic mass is 9.96. The molecule has 2 aliphatic rings. The zero-order chi connectivity index (χ0) is 11.0. The summed E-state index contributed by atoms with van der Waals surface area (Å²) in [6.07, 6.45) is 10.5. The molecule has 1 aliphatic heterocycles. The highest BCUT2D eigenvalue weighted by Crippen LogP contribution is 2.37. The Morgan fingerprint density at radius 3 is 3.25 bits per heavy atom. The van der Waals surface area contributed by atoms with Gasteiger partial charge in [-0.15, -0.1) is 0 Å². The van der Waals surface area contributed by atoms with Gasteiger partial charge in [0.15, 0.2) is 0 Å². The van der Waals surface area contributed by atoms with Gasteiger partial charge in [0.1, 0.15) is 0 Å². The Bertz CT molecular complexity index is 448. The molecule has 2 heterocycles. The number of allylic oxidation sites excluding steroid dienone is 1. The smallest absolute Gasteiger partial charge is 0.0355 e. The lowest BCUT2D eigenvalue weighted by Gasteiger charge is -2.15. The van der Waals surface area contributed by atoms with E-state index in [1.54, 1.807) is 0 Å². The van der Waals surface area contributed by atoms with E-state index in [9.17, 15) is 0 Å². The minimum absolute atomic E-state index is 0.557. The number of nitrogens with zero attached hydrogens (tertiary/aromatic N) is 1. The van der Waals surface area contributed by atoms with E-state index < -0.39 is 0 Å². The quantitative estimate of drug-likeness (QED) is 0.814. The first-order valence-corrected chi connectivity index (χ1v) is 5.90. The highest BCUT2D eigenvalue weighted by atomic mass is 15.0. The molecule has 0 amide bonds. The molecule has 2 nitrogen and oxygen atoms in total. The molecule has 0 saturated carbocycles. The van der Waals surface area contributed by atoms with E-state index in [2.05, 4.69) is 29.0 Å². The number of hydrogen-bond donors (Lipinski definition) is 1. The molecule has 16 heavy (non-hydrogen) atoms. The van der Waals surface area contributed by atoms with Crippen LogP contribution in [0.25, 0.3) is 11.6 Å². The van der Waals surface area contributed by atoms with Crippen molar-refractivity contribution in [3.63, 3.8) is 0 Å². The Kier molecular flexibility index (Phi) is 2.37. The molecule has 1 fully saturated rings. The predicted molar refractivity (Wildman–Crippen MR) is 66.8 cm³/mol. The van der Waals surface area contributed by atoms with Crippen molar-refractivity contribution in [2.45, 2.75) is 18.9 Å². The molecule has 0 unspecified atom stereocenters. The number of nitrogens with one attached hydrogen (secondary N) is 1. The van der Waals surface area contributed by atoms with Crippen LogP contribution in [0.3, 0.4) is 0 Å².